The largest absolute Gasteiger partial charge is 0.352 e. The molecule has 0 saturated heterocycles. The van der Waals surface area contributed by atoms with Gasteiger partial charge in [-0.05, 0) is 50.1 Å². The van der Waals surface area contributed by atoms with Crippen LogP contribution in [0.1, 0.15) is 48.2 Å². The van der Waals surface area contributed by atoms with Gasteiger partial charge in [-0.2, -0.15) is 0 Å². The van der Waals surface area contributed by atoms with E-state index in [1.54, 1.807) is 30.3 Å². The lowest BCUT2D eigenvalue weighted by Gasteiger charge is -2.32. The Kier molecular flexibility index (Phi) is 9.73. The summed E-state index contributed by atoms with van der Waals surface area (Å²) in [5.74, 6) is -1.36. The number of rotatable bonds is 11. The van der Waals surface area contributed by atoms with Gasteiger partial charge in [-0.25, -0.2) is 12.7 Å². The van der Waals surface area contributed by atoms with E-state index in [0.29, 0.717) is 15.6 Å². The van der Waals surface area contributed by atoms with Crippen LogP contribution in [-0.2, 0) is 32.6 Å². The molecule has 0 bridgehead atoms. The van der Waals surface area contributed by atoms with Crippen molar-refractivity contribution in [2.24, 2.45) is 0 Å². The Morgan fingerprint density at radius 2 is 1.56 bits per heavy atom. The van der Waals surface area contributed by atoms with Crippen molar-refractivity contribution in [2.75, 3.05) is 6.54 Å². The topological polar surface area (TPSA) is 104 Å². The number of amides is 3. The first-order valence-corrected chi connectivity index (χ1v) is 15.4. The van der Waals surface area contributed by atoms with Crippen LogP contribution in [0.3, 0.4) is 0 Å². The molecule has 1 aliphatic heterocycles. The molecule has 0 aliphatic carbocycles. The van der Waals surface area contributed by atoms with Gasteiger partial charge in [-0.1, -0.05) is 71.7 Å². The van der Waals surface area contributed by atoms with Gasteiger partial charge < -0.3 is 10.2 Å². The van der Waals surface area contributed by atoms with Crippen molar-refractivity contribution in [2.45, 2.75) is 56.6 Å². The number of nitrogens with zero attached hydrogens (tertiary/aromatic N) is 2. The molecule has 0 fully saturated rings. The molecule has 4 rings (SSSR count). The Morgan fingerprint density at radius 3 is 2.20 bits per heavy atom. The molecule has 1 heterocycles. The molecule has 0 radical (unpaired) electrons. The van der Waals surface area contributed by atoms with Crippen LogP contribution in [0.25, 0.3) is 0 Å². The van der Waals surface area contributed by atoms with Crippen molar-refractivity contribution < 1.29 is 22.8 Å². The molecule has 1 aliphatic rings. The molecular weight excluding hydrogens is 585 g/mol. The van der Waals surface area contributed by atoms with Crippen molar-refractivity contribution in [3.8, 4) is 0 Å². The average molecular weight is 617 g/mol. The van der Waals surface area contributed by atoms with Crippen LogP contribution >= 0.6 is 23.2 Å². The van der Waals surface area contributed by atoms with Crippen LogP contribution in [0.5, 0.6) is 0 Å². The third kappa shape index (κ3) is 6.92. The molecule has 3 aromatic carbocycles. The maximum absolute atomic E-state index is 13.8. The van der Waals surface area contributed by atoms with E-state index in [2.05, 4.69) is 5.32 Å². The van der Waals surface area contributed by atoms with E-state index in [4.69, 9.17) is 23.2 Å². The Labute approximate surface area is 250 Å². The zero-order valence-electron chi connectivity index (χ0n) is 22.7. The van der Waals surface area contributed by atoms with E-state index >= 15 is 0 Å². The Morgan fingerprint density at radius 1 is 0.927 bits per heavy atom. The van der Waals surface area contributed by atoms with Gasteiger partial charge >= 0.3 is 0 Å². The first-order chi connectivity index (χ1) is 19.5. The highest BCUT2D eigenvalue weighted by Gasteiger charge is 2.40. The van der Waals surface area contributed by atoms with Gasteiger partial charge in [0.15, 0.2) is 0 Å². The molecule has 8 nitrogen and oxygen atoms in total. The van der Waals surface area contributed by atoms with E-state index < -0.39 is 27.9 Å². The summed E-state index contributed by atoms with van der Waals surface area (Å²) in [7, 11) is -4.00. The molecule has 3 amide bonds. The number of hydrogen-bond acceptors (Lipinski definition) is 5. The lowest BCUT2D eigenvalue weighted by Crippen LogP contribution is -2.52. The second kappa shape index (κ2) is 13.1. The quantitative estimate of drug-likeness (QED) is 0.324. The summed E-state index contributed by atoms with van der Waals surface area (Å²) in [5.41, 5.74) is 1.46. The minimum absolute atomic E-state index is 0.0350. The summed E-state index contributed by atoms with van der Waals surface area (Å²) in [5, 5.41) is 3.61. The summed E-state index contributed by atoms with van der Waals surface area (Å²) in [6, 6.07) is 19.3. The van der Waals surface area contributed by atoms with Gasteiger partial charge in [0, 0.05) is 47.6 Å². The van der Waals surface area contributed by atoms with Gasteiger partial charge in [0.1, 0.15) is 10.9 Å². The monoisotopic (exact) mass is 615 g/mol. The third-order valence-electron chi connectivity index (χ3n) is 6.76. The smallest absolute Gasteiger partial charge is 0.269 e. The van der Waals surface area contributed by atoms with E-state index in [9.17, 15) is 22.8 Å². The lowest BCUT2D eigenvalue weighted by atomic mass is 10.0. The van der Waals surface area contributed by atoms with E-state index in [0.717, 1.165) is 9.87 Å². The number of hydrogen-bond donors (Lipinski definition) is 1. The molecule has 41 heavy (non-hydrogen) atoms. The predicted octanol–water partition coefficient (Wildman–Crippen LogP) is 5.08. The zero-order chi connectivity index (χ0) is 29.7. The second-order valence-electron chi connectivity index (χ2n) is 10.1. The molecule has 1 N–H and O–H groups in total. The number of sulfonamides is 1. The predicted molar refractivity (Wildman–Crippen MR) is 158 cm³/mol. The Hall–Kier alpha value is -3.40. The van der Waals surface area contributed by atoms with Gasteiger partial charge in [0.2, 0.25) is 11.8 Å². The molecule has 216 valence electrons. The fraction of sp³-hybridized carbons (Fsp3) is 0.300. The van der Waals surface area contributed by atoms with Crippen molar-refractivity contribution >= 4 is 50.9 Å². The number of fused-ring (bicyclic) bond motifs is 1. The Bertz CT molecular complexity index is 1530. The normalized spacial score (nSPS) is 14.6. The second-order valence-corrected chi connectivity index (χ2v) is 12.7. The van der Waals surface area contributed by atoms with Crippen molar-refractivity contribution in [3.05, 3.63) is 99.5 Å². The summed E-state index contributed by atoms with van der Waals surface area (Å²) >= 11 is 12.9. The van der Waals surface area contributed by atoms with Gasteiger partial charge in [-0.3, -0.25) is 14.4 Å². The molecule has 0 saturated carbocycles. The number of benzene rings is 3. The van der Waals surface area contributed by atoms with Crippen LogP contribution in [0, 0.1) is 0 Å². The standard InChI is InChI=1S/C30H31Cl2N3O5S/c1-20(2)33-29(37)26(18-21-10-4-3-5-11-21)34(19-23-24(31)13-8-14-25(23)32)28(36)16-9-17-35-30(38)22-12-6-7-15-27(22)41(35,39)40/h3-8,10-15,20,26H,9,16-19H2,1-2H3,(H,33,37)/t26-/m1/s1. The minimum atomic E-state index is -4.00. The molecule has 11 heteroatoms. The zero-order valence-corrected chi connectivity index (χ0v) is 25.0. The van der Waals surface area contributed by atoms with Crippen molar-refractivity contribution in [1.82, 2.24) is 14.5 Å². The summed E-state index contributed by atoms with van der Waals surface area (Å²) in [6.07, 6.45) is 0.188. The molecule has 0 unspecified atom stereocenters. The van der Waals surface area contributed by atoms with Gasteiger partial charge in [0.05, 0.1) is 5.56 Å². The van der Waals surface area contributed by atoms with Crippen LogP contribution < -0.4 is 5.32 Å². The van der Waals surface area contributed by atoms with Crippen LogP contribution in [-0.4, -0.2) is 54.0 Å². The third-order valence-corrected chi connectivity index (χ3v) is 9.30. The molecule has 0 spiro atoms. The highest BCUT2D eigenvalue weighted by molar-refractivity contribution is 7.90. The molecule has 3 aromatic rings. The first kappa shape index (κ1) is 30.6. The number of nitrogens with one attached hydrogen (secondary N) is 1. The minimum Gasteiger partial charge on any atom is -0.352 e. The van der Waals surface area contributed by atoms with Crippen LogP contribution in [0.2, 0.25) is 10.0 Å². The van der Waals surface area contributed by atoms with E-state index in [-0.39, 0.29) is 54.8 Å². The maximum Gasteiger partial charge on any atom is 0.269 e. The number of carbonyl (C=O) groups excluding carboxylic acids is 3. The Balaban J connectivity index is 1.60. The molecular formula is C30H31Cl2N3O5S. The van der Waals surface area contributed by atoms with Crippen molar-refractivity contribution in [1.29, 1.82) is 0 Å². The van der Waals surface area contributed by atoms with E-state index in [1.165, 1.54) is 17.0 Å². The van der Waals surface area contributed by atoms with Crippen LogP contribution in [0.15, 0.2) is 77.7 Å². The number of carbonyl (C=O) groups is 3. The highest BCUT2D eigenvalue weighted by Crippen LogP contribution is 2.31. The summed E-state index contributed by atoms with van der Waals surface area (Å²) in [4.78, 5) is 41.5. The fourth-order valence-electron chi connectivity index (χ4n) is 4.76. The summed E-state index contributed by atoms with van der Waals surface area (Å²) in [6.45, 7) is 3.46. The molecule has 0 aromatic heterocycles. The molecule has 1 atom stereocenters. The average Bonchev–Trinajstić information content (AvgIpc) is 3.12. The highest BCUT2D eigenvalue weighted by atomic mass is 35.5. The van der Waals surface area contributed by atoms with Gasteiger partial charge in [-0.15, -0.1) is 0 Å². The first-order valence-electron chi connectivity index (χ1n) is 13.2. The van der Waals surface area contributed by atoms with Gasteiger partial charge in [0.25, 0.3) is 15.9 Å². The fourth-order valence-corrected chi connectivity index (χ4v) is 6.88. The SMILES string of the molecule is CC(C)NC(=O)[C@@H](Cc1ccccc1)N(Cc1c(Cl)cccc1Cl)C(=O)CCCN1C(=O)c2ccccc2S1(=O)=O. The summed E-state index contributed by atoms with van der Waals surface area (Å²) < 4.78 is 26.7. The maximum atomic E-state index is 13.8. The van der Waals surface area contributed by atoms with Crippen molar-refractivity contribution in [3.63, 3.8) is 0 Å². The van der Waals surface area contributed by atoms with Crippen LogP contribution in [0.4, 0.5) is 0 Å². The van der Waals surface area contributed by atoms with E-state index in [1.807, 2.05) is 44.2 Å². The number of halogens is 2. The lowest BCUT2D eigenvalue weighted by molar-refractivity contribution is -0.141.